The normalized spacial score (nSPS) is 13.1. The van der Waals surface area contributed by atoms with Crippen LogP contribution in [-0.4, -0.2) is 12.8 Å². The minimum atomic E-state index is 0.203. The number of methoxy groups -OCH3 is 1. The first kappa shape index (κ1) is 14.3. The number of ether oxygens (including phenoxy) is 1. The van der Waals surface area contributed by atoms with E-state index in [9.17, 15) is 0 Å². The summed E-state index contributed by atoms with van der Waals surface area (Å²) in [5.41, 5.74) is 3.65. The van der Waals surface area contributed by atoms with Crippen LogP contribution in [-0.2, 0) is 6.42 Å². The molecule has 0 aliphatic heterocycles. The van der Waals surface area contributed by atoms with E-state index in [0.717, 1.165) is 17.9 Å². The lowest BCUT2D eigenvalue weighted by molar-refractivity contribution is 0.414. The summed E-state index contributed by atoms with van der Waals surface area (Å²) in [5.74, 6) is 0.890. The molecule has 2 nitrogen and oxygen atoms in total. The molecule has 0 aliphatic carbocycles. The molecule has 0 radical (unpaired) electrons. The maximum Gasteiger partial charge on any atom is 0.118 e. The first-order valence-corrected chi connectivity index (χ1v) is 6.90. The highest BCUT2D eigenvalue weighted by Crippen LogP contribution is 2.17. The summed E-state index contributed by atoms with van der Waals surface area (Å²) in [5, 5.41) is 0. The third-order valence-corrected chi connectivity index (χ3v) is 3.32. The summed E-state index contributed by atoms with van der Waals surface area (Å²) in [6.07, 6.45) is 0.876. The van der Waals surface area contributed by atoms with Crippen LogP contribution in [0.1, 0.15) is 31.0 Å². The van der Waals surface area contributed by atoms with Crippen molar-refractivity contribution >= 4 is 5.71 Å². The number of benzene rings is 2. The Morgan fingerprint density at radius 2 is 1.70 bits per heavy atom. The predicted octanol–water partition coefficient (Wildman–Crippen LogP) is 4.46. The third-order valence-electron chi connectivity index (χ3n) is 3.32. The van der Waals surface area contributed by atoms with Gasteiger partial charge in [0.1, 0.15) is 5.75 Å². The lowest BCUT2D eigenvalue weighted by Crippen LogP contribution is -2.01. The highest BCUT2D eigenvalue weighted by atomic mass is 16.5. The Labute approximate surface area is 121 Å². The molecule has 104 valence electrons. The molecule has 1 atom stereocenters. The van der Waals surface area contributed by atoms with Crippen LogP contribution in [0.2, 0.25) is 0 Å². The van der Waals surface area contributed by atoms with Crippen LogP contribution in [0.25, 0.3) is 0 Å². The summed E-state index contributed by atoms with van der Waals surface area (Å²) in [6.45, 7) is 4.22. The molecule has 2 rings (SSSR count). The van der Waals surface area contributed by atoms with Gasteiger partial charge in [0, 0.05) is 12.1 Å². The summed E-state index contributed by atoms with van der Waals surface area (Å²) in [4.78, 5) is 4.77. The largest absolute Gasteiger partial charge is 0.497 e. The van der Waals surface area contributed by atoms with E-state index in [2.05, 4.69) is 50.2 Å². The molecule has 0 N–H and O–H groups in total. The van der Waals surface area contributed by atoms with E-state index in [0.29, 0.717) is 0 Å². The fourth-order valence-electron chi connectivity index (χ4n) is 2.22. The summed E-state index contributed by atoms with van der Waals surface area (Å²) < 4.78 is 5.17. The number of hydrogen-bond donors (Lipinski definition) is 0. The molecular weight excluding hydrogens is 246 g/mol. The highest BCUT2D eigenvalue weighted by Gasteiger charge is 2.03. The number of nitrogens with zero attached hydrogens (tertiary/aromatic N) is 1. The van der Waals surface area contributed by atoms with Crippen LogP contribution < -0.4 is 4.74 Å². The molecule has 0 saturated carbocycles. The van der Waals surface area contributed by atoms with Crippen molar-refractivity contribution in [1.29, 1.82) is 0 Å². The van der Waals surface area contributed by atoms with Gasteiger partial charge in [0.05, 0.1) is 13.2 Å². The molecule has 0 fully saturated rings. The Morgan fingerprint density at radius 3 is 2.30 bits per heavy atom. The zero-order valence-corrected chi connectivity index (χ0v) is 12.3. The highest BCUT2D eigenvalue weighted by molar-refractivity contribution is 5.84. The Hall–Kier alpha value is -2.09. The van der Waals surface area contributed by atoms with Crippen molar-refractivity contribution in [3.05, 3.63) is 65.7 Å². The van der Waals surface area contributed by atoms with Gasteiger partial charge in [-0.15, -0.1) is 0 Å². The van der Waals surface area contributed by atoms with Crippen molar-refractivity contribution < 1.29 is 4.74 Å². The molecule has 2 heteroatoms. The average molecular weight is 267 g/mol. The zero-order chi connectivity index (χ0) is 14.4. The second-order valence-corrected chi connectivity index (χ2v) is 4.98. The fourth-order valence-corrected chi connectivity index (χ4v) is 2.22. The quantitative estimate of drug-likeness (QED) is 0.733. The smallest absolute Gasteiger partial charge is 0.118 e. The van der Waals surface area contributed by atoms with Gasteiger partial charge in [-0.2, -0.15) is 0 Å². The second kappa shape index (κ2) is 6.90. The summed E-state index contributed by atoms with van der Waals surface area (Å²) >= 11 is 0. The van der Waals surface area contributed by atoms with Gasteiger partial charge in [-0.05, 0) is 37.1 Å². The Balaban J connectivity index is 2.03. The maximum absolute atomic E-state index is 5.17. The molecule has 0 heterocycles. The Morgan fingerprint density at radius 1 is 1.05 bits per heavy atom. The van der Waals surface area contributed by atoms with Gasteiger partial charge in [0.25, 0.3) is 0 Å². The number of aliphatic imine (C=N–C) groups is 1. The molecule has 0 spiro atoms. The van der Waals surface area contributed by atoms with Gasteiger partial charge in [0.2, 0.25) is 0 Å². The van der Waals surface area contributed by atoms with Crippen molar-refractivity contribution in [1.82, 2.24) is 0 Å². The second-order valence-electron chi connectivity index (χ2n) is 4.98. The van der Waals surface area contributed by atoms with Crippen LogP contribution in [0.15, 0.2) is 59.6 Å². The minimum Gasteiger partial charge on any atom is -0.497 e. The molecular formula is C18H21NO. The molecule has 0 saturated heterocycles. The van der Waals surface area contributed by atoms with Crippen LogP contribution in [0, 0.1) is 0 Å². The summed E-state index contributed by atoms with van der Waals surface area (Å²) in [6, 6.07) is 18.7. The monoisotopic (exact) mass is 267 g/mol. The van der Waals surface area contributed by atoms with E-state index in [-0.39, 0.29) is 6.04 Å². The molecule has 0 bridgehead atoms. The van der Waals surface area contributed by atoms with E-state index in [1.165, 1.54) is 11.1 Å². The Kier molecular flexibility index (Phi) is 4.94. The van der Waals surface area contributed by atoms with Crippen molar-refractivity contribution in [2.75, 3.05) is 7.11 Å². The van der Waals surface area contributed by atoms with E-state index in [1.807, 2.05) is 18.2 Å². The van der Waals surface area contributed by atoms with E-state index >= 15 is 0 Å². The van der Waals surface area contributed by atoms with Crippen molar-refractivity contribution in [3.63, 3.8) is 0 Å². The average Bonchev–Trinajstić information content (AvgIpc) is 2.49. The summed E-state index contributed by atoms with van der Waals surface area (Å²) in [7, 11) is 1.68. The maximum atomic E-state index is 5.17. The van der Waals surface area contributed by atoms with Crippen molar-refractivity contribution in [2.45, 2.75) is 26.3 Å². The predicted molar refractivity (Wildman–Crippen MR) is 84.7 cm³/mol. The van der Waals surface area contributed by atoms with Crippen LogP contribution in [0.5, 0.6) is 5.75 Å². The zero-order valence-electron chi connectivity index (χ0n) is 12.3. The standard InChI is InChI=1S/C18H21NO/c1-14(13-16-9-11-18(20-3)12-10-16)19-15(2)17-7-5-4-6-8-17/h4-12,15H,13H2,1-3H3/b19-14+/t15-/m1/s1. The third kappa shape index (κ3) is 3.95. The minimum absolute atomic E-state index is 0.203. The molecule has 20 heavy (non-hydrogen) atoms. The lowest BCUT2D eigenvalue weighted by atomic mass is 10.1. The molecule has 0 unspecified atom stereocenters. The Bertz CT molecular complexity index is 558. The molecule has 2 aromatic rings. The van der Waals surface area contributed by atoms with Gasteiger partial charge in [-0.25, -0.2) is 0 Å². The lowest BCUT2D eigenvalue weighted by Gasteiger charge is -2.09. The van der Waals surface area contributed by atoms with E-state index < -0.39 is 0 Å². The molecule has 0 amide bonds. The van der Waals surface area contributed by atoms with Crippen LogP contribution >= 0.6 is 0 Å². The topological polar surface area (TPSA) is 21.6 Å². The van der Waals surface area contributed by atoms with E-state index in [4.69, 9.17) is 9.73 Å². The van der Waals surface area contributed by atoms with Gasteiger partial charge >= 0.3 is 0 Å². The van der Waals surface area contributed by atoms with Gasteiger partial charge < -0.3 is 4.74 Å². The first-order chi connectivity index (χ1) is 9.69. The first-order valence-electron chi connectivity index (χ1n) is 6.90. The SMILES string of the molecule is COc1ccc(C/C(C)=N/[C@H](C)c2ccccc2)cc1. The van der Waals surface area contributed by atoms with E-state index in [1.54, 1.807) is 7.11 Å². The van der Waals surface area contributed by atoms with Crippen molar-refractivity contribution in [2.24, 2.45) is 4.99 Å². The number of rotatable bonds is 5. The van der Waals surface area contributed by atoms with Crippen molar-refractivity contribution in [3.8, 4) is 5.75 Å². The van der Waals surface area contributed by atoms with Gasteiger partial charge in [-0.1, -0.05) is 42.5 Å². The fraction of sp³-hybridized carbons (Fsp3) is 0.278. The van der Waals surface area contributed by atoms with Crippen LogP contribution in [0.4, 0.5) is 0 Å². The van der Waals surface area contributed by atoms with Gasteiger partial charge in [-0.3, -0.25) is 4.99 Å². The molecule has 0 aliphatic rings. The van der Waals surface area contributed by atoms with Crippen LogP contribution in [0.3, 0.4) is 0 Å². The number of hydrogen-bond acceptors (Lipinski definition) is 2. The molecule has 0 aromatic heterocycles. The molecule has 2 aromatic carbocycles. The van der Waals surface area contributed by atoms with Gasteiger partial charge in [0.15, 0.2) is 0 Å².